The maximum atomic E-state index is 14.4. The number of aliphatic hydroxyl groups is 2. The number of hydrogen-bond donors (Lipinski definition) is 2. The molecule has 9 heteroatoms. The number of ether oxygens (including phenoxy) is 1. The van der Waals surface area contributed by atoms with Gasteiger partial charge < -0.3 is 29.6 Å². The zero-order chi connectivity index (χ0) is 31.4. The molecule has 0 aromatic heterocycles. The van der Waals surface area contributed by atoms with E-state index in [-0.39, 0.29) is 43.3 Å². The molecule has 0 unspecified atom stereocenters. The van der Waals surface area contributed by atoms with Crippen LogP contribution in [0.1, 0.15) is 63.1 Å². The first-order valence-corrected chi connectivity index (χ1v) is 15.8. The molecule has 2 saturated heterocycles. The van der Waals surface area contributed by atoms with E-state index in [4.69, 9.17) is 4.74 Å². The van der Waals surface area contributed by atoms with Gasteiger partial charge in [0.25, 0.3) is 5.91 Å². The van der Waals surface area contributed by atoms with Crippen molar-refractivity contribution < 1.29 is 29.3 Å². The molecule has 6 rings (SSSR count). The minimum Gasteiger partial charge on any atom is -0.394 e. The number of hydrogen-bond acceptors (Lipinski definition) is 6. The molecular weight excluding hydrogens is 558 g/mol. The number of piperidine rings is 1. The molecule has 2 N–H and O–H groups in total. The summed E-state index contributed by atoms with van der Waals surface area (Å²) in [5.41, 5.74) is 1.49. The average Bonchev–Trinajstić information content (AvgIpc) is 3.42. The molecule has 3 amide bonds. The molecule has 44 heavy (non-hydrogen) atoms. The van der Waals surface area contributed by atoms with Gasteiger partial charge in [0.15, 0.2) is 5.60 Å². The Morgan fingerprint density at radius 2 is 1.91 bits per heavy atom. The fourth-order valence-corrected chi connectivity index (χ4v) is 8.15. The van der Waals surface area contributed by atoms with Gasteiger partial charge in [-0.15, -0.1) is 6.58 Å². The molecule has 0 radical (unpaired) electrons. The topological polar surface area (TPSA) is 111 Å². The van der Waals surface area contributed by atoms with E-state index in [2.05, 4.69) is 6.58 Å². The molecule has 0 aliphatic carbocycles. The summed E-state index contributed by atoms with van der Waals surface area (Å²) in [5.74, 6) is -1.45. The van der Waals surface area contributed by atoms with Gasteiger partial charge in [0.2, 0.25) is 11.8 Å². The number of anilines is 2. The molecule has 9 nitrogen and oxygen atoms in total. The van der Waals surface area contributed by atoms with Crippen molar-refractivity contribution in [3.05, 3.63) is 71.8 Å². The highest BCUT2D eigenvalue weighted by Crippen LogP contribution is 2.58. The molecule has 4 heterocycles. The summed E-state index contributed by atoms with van der Waals surface area (Å²) in [7, 11) is 0. The fraction of sp³-hybridized carbons (Fsp3) is 0.514. The normalized spacial score (nSPS) is 28.4. The quantitative estimate of drug-likeness (QED) is 0.469. The van der Waals surface area contributed by atoms with Crippen LogP contribution < -0.4 is 9.80 Å². The maximum absolute atomic E-state index is 14.4. The number of carbonyl (C=O) groups excluding carboxylic acids is 3. The highest BCUT2D eigenvalue weighted by Gasteiger charge is 2.66. The van der Waals surface area contributed by atoms with Crippen LogP contribution >= 0.6 is 0 Å². The summed E-state index contributed by atoms with van der Waals surface area (Å²) in [5, 5.41) is 21.7. The van der Waals surface area contributed by atoms with Gasteiger partial charge in [-0.3, -0.25) is 14.4 Å². The lowest BCUT2D eigenvalue weighted by Gasteiger charge is -2.38. The van der Waals surface area contributed by atoms with Crippen LogP contribution in [-0.2, 0) is 37.7 Å². The van der Waals surface area contributed by atoms with Crippen LogP contribution in [0.15, 0.2) is 55.1 Å². The monoisotopic (exact) mass is 601 g/mol. The molecule has 2 fully saturated rings. The molecule has 234 valence electrons. The van der Waals surface area contributed by atoms with E-state index in [9.17, 15) is 24.6 Å². The van der Waals surface area contributed by atoms with Crippen LogP contribution in [0, 0.1) is 11.8 Å². The number of rotatable bonds is 7. The average molecular weight is 602 g/mol. The predicted molar refractivity (Wildman–Crippen MR) is 167 cm³/mol. The summed E-state index contributed by atoms with van der Waals surface area (Å²) in [6.45, 7) is 10.3. The minimum atomic E-state index is -1.45. The van der Waals surface area contributed by atoms with E-state index < -0.39 is 29.1 Å². The Morgan fingerprint density at radius 3 is 2.59 bits per heavy atom. The maximum Gasteiger partial charge on any atom is 0.264 e. The van der Waals surface area contributed by atoms with Gasteiger partial charge in [0, 0.05) is 49.1 Å². The first kappa shape index (κ1) is 30.5. The van der Waals surface area contributed by atoms with Crippen LogP contribution in [0.2, 0.25) is 0 Å². The number of benzene rings is 2. The Kier molecular flexibility index (Phi) is 7.93. The summed E-state index contributed by atoms with van der Waals surface area (Å²) >= 11 is 0. The van der Waals surface area contributed by atoms with E-state index >= 15 is 0 Å². The molecule has 4 aliphatic heterocycles. The lowest BCUT2D eigenvalue weighted by molar-refractivity contribution is -0.151. The summed E-state index contributed by atoms with van der Waals surface area (Å²) in [6, 6.07) is 13.2. The standard InChI is InChI=1S/C35H43N3O6/c1-5-15-37-28-14-13-25(36-16-9-8-12-30(36)40)18-27(28)35(33(37)42)22(2)32(34(3,4)43)29(44-35)19-31(41)38-20-24-11-7-6-10-23(24)17-26(38)21-39/h5-7,10-11,13-14,18,22,26,29,32,39,43H,1,8-9,12,15-17,19-21H2,2-4H3/t22-,26-,29+,32-,35+/m0/s1. The van der Waals surface area contributed by atoms with Gasteiger partial charge in [-0.2, -0.15) is 0 Å². The first-order chi connectivity index (χ1) is 21.0. The number of aliphatic hydroxyl groups excluding tert-OH is 1. The molecule has 0 saturated carbocycles. The largest absolute Gasteiger partial charge is 0.394 e. The van der Waals surface area contributed by atoms with E-state index in [0.29, 0.717) is 42.9 Å². The van der Waals surface area contributed by atoms with Crippen LogP contribution in [0.25, 0.3) is 0 Å². The van der Waals surface area contributed by atoms with Gasteiger partial charge in [0.1, 0.15) is 0 Å². The second-order valence-corrected chi connectivity index (χ2v) is 13.3. The first-order valence-electron chi connectivity index (χ1n) is 15.8. The molecule has 4 aliphatic rings. The third kappa shape index (κ3) is 4.86. The lowest BCUT2D eigenvalue weighted by atomic mass is 9.70. The van der Waals surface area contributed by atoms with Crippen molar-refractivity contribution in [3.8, 4) is 0 Å². The lowest BCUT2D eigenvalue weighted by Crippen LogP contribution is -2.48. The van der Waals surface area contributed by atoms with Crippen molar-refractivity contribution in [3.63, 3.8) is 0 Å². The zero-order valence-corrected chi connectivity index (χ0v) is 25.9. The van der Waals surface area contributed by atoms with Gasteiger partial charge in [-0.05, 0) is 62.4 Å². The number of carbonyl (C=O) groups is 3. The van der Waals surface area contributed by atoms with Crippen LogP contribution in [0.5, 0.6) is 0 Å². The summed E-state index contributed by atoms with van der Waals surface area (Å²) in [4.78, 5) is 46.4. The van der Waals surface area contributed by atoms with Crippen molar-refractivity contribution in [2.45, 2.75) is 82.8 Å². The number of fused-ring (bicyclic) bond motifs is 3. The minimum absolute atomic E-state index is 0.0478. The van der Waals surface area contributed by atoms with Crippen molar-refractivity contribution >= 4 is 29.1 Å². The molecule has 2 aromatic carbocycles. The van der Waals surface area contributed by atoms with E-state index in [1.165, 1.54) is 0 Å². The van der Waals surface area contributed by atoms with Gasteiger partial charge in [-0.25, -0.2) is 0 Å². The Balaban J connectivity index is 1.38. The van der Waals surface area contributed by atoms with E-state index in [0.717, 1.165) is 24.0 Å². The highest BCUT2D eigenvalue weighted by atomic mass is 16.5. The van der Waals surface area contributed by atoms with Crippen molar-refractivity contribution in [1.29, 1.82) is 0 Å². The zero-order valence-electron chi connectivity index (χ0n) is 25.9. The van der Waals surface area contributed by atoms with Crippen molar-refractivity contribution in [2.24, 2.45) is 11.8 Å². The molecule has 0 bridgehead atoms. The molecule has 1 spiro atoms. The Labute approximate surface area is 259 Å². The van der Waals surface area contributed by atoms with Gasteiger partial charge in [0.05, 0.1) is 36.5 Å². The SMILES string of the molecule is C=CCN1C(=O)[C@]2(O[C@H](CC(=O)N3Cc4ccccc4C[C@H]3CO)[C@@H](C(C)(C)O)[C@@H]2C)c2cc(N3CCCCC3=O)ccc21. The Bertz CT molecular complexity index is 1480. The molecule has 2 aromatic rings. The van der Waals surface area contributed by atoms with Crippen LogP contribution in [-0.4, -0.2) is 70.3 Å². The fourth-order valence-electron chi connectivity index (χ4n) is 8.15. The van der Waals surface area contributed by atoms with Gasteiger partial charge in [-0.1, -0.05) is 37.3 Å². The van der Waals surface area contributed by atoms with Crippen LogP contribution in [0.3, 0.4) is 0 Å². The van der Waals surface area contributed by atoms with E-state index in [1.807, 2.05) is 49.4 Å². The van der Waals surface area contributed by atoms with E-state index in [1.54, 1.807) is 34.6 Å². The summed E-state index contributed by atoms with van der Waals surface area (Å²) < 4.78 is 6.85. The van der Waals surface area contributed by atoms with Crippen molar-refractivity contribution in [2.75, 3.05) is 29.5 Å². The Hall–Kier alpha value is -3.53. The van der Waals surface area contributed by atoms with Gasteiger partial charge >= 0.3 is 0 Å². The number of nitrogens with zero attached hydrogens (tertiary/aromatic N) is 3. The second kappa shape index (κ2) is 11.4. The highest BCUT2D eigenvalue weighted by molar-refractivity contribution is 6.08. The Morgan fingerprint density at radius 1 is 1.16 bits per heavy atom. The predicted octanol–water partition coefficient (Wildman–Crippen LogP) is 3.69. The summed E-state index contributed by atoms with van der Waals surface area (Å²) in [6.07, 6.45) is 3.65. The smallest absolute Gasteiger partial charge is 0.264 e. The second-order valence-electron chi connectivity index (χ2n) is 13.3. The van der Waals surface area contributed by atoms with Crippen molar-refractivity contribution in [1.82, 2.24) is 4.90 Å². The third-order valence-corrected chi connectivity index (χ3v) is 10.2. The number of amides is 3. The molecule has 5 atom stereocenters. The molecular formula is C35H43N3O6. The third-order valence-electron chi connectivity index (χ3n) is 10.2. The van der Waals surface area contributed by atoms with Crippen LogP contribution in [0.4, 0.5) is 11.4 Å².